The van der Waals surface area contributed by atoms with Gasteiger partial charge in [0.25, 0.3) is 11.7 Å². The van der Waals surface area contributed by atoms with Gasteiger partial charge in [0.15, 0.2) is 17.5 Å². The molecule has 1 amide bonds. The van der Waals surface area contributed by atoms with Gasteiger partial charge in [0.1, 0.15) is 0 Å². The van der Waals surface area contributed by atoms with E-state index in [1.54, 1.807) is 6.92 Å². The quantitative estimate of drug-likeness (QED) is 0.534. The maximum absolute atomic E-state index is 13.5. The molecular formula is C13H11F3N2O2. The van der Waals surface area contributed by atoms with E-state index in [2.05, 4.69) is 4.98 Å². The predicted molar refractivity (Wildman–Crippen MR) is 65.8 cm³/mol. The Morgan fingerprint density at radius 1 is 1.25 bits per heavy atom. The molecule has 2 rings (SSSR count). The number of ketones is 1. The Labute approximate surface area is 112 Å². The van der Waals surface area contributed by atoms with Crippen LogP contribution in [0.3, 0.4) is 0 Å². The van der Waals surface area contributed by atoms with Crippen molar-refractivity contribution in [3.8, 4) is 0 Å². The van der Waals surface area contributed by atoms with Gasteiger partial charge in [-0.15, -0.1) is 0 Å². The minimum atomic E-state index is -1.63. The number of benzene rings is 1. The van der Waals surface area contributed by atoms with Crippen LogP contribution in [0.15, 0.2) is 12.3 Å². The van der Waals surface area contributed by atoms with Crippen molar-refractivity contribution in [2.75, 3.05) is 13.6 Å². The number of likely N-dealkylation sites (N-methyl/N-ethyl adjacent to an activating group) is 1. The van der Waals surface area contributed by atoms with Crippen molar-refractivity contribution in [2.24, 2.45) is 0 Å². The van der Waals surface area contributed by atoms with Crippen LogP contribution in [0.5, 0.6) is 0 Å². The van der Waals surface area contributed by atoms with Crippen molar-refractivity contribution in [1.29, 1.82) is 0 Å². The fourth-order valence-corrected chi connectivity index (χ4v) is 1.79. The van der Waals surface area contributed by atoms with E-state index in [0.717, 1.165) is 11.1 Å². The topological polar surface area (TPSA) is 53.2 Å². The fourth-order valence-electron chi connectivity index (χ4n) is 1.79. The molecule has 1 heterocycles. The van der Waals surface area contributed by atoms with Gasteiger partial charge >= 0.3 is 0 Å². The lowest BCUT2D eigenvalue weighted by molar-refractivity contribution is -0.125. The minimum absolute atomic E-state index is 0.163. The summed E-state index contributed by atoms with van der Waals surface area (Å²) in [7, 11) is 1.43. The summed E-state index contributed by atoms with van der Waals surface area (Å²) in [6.45, 7) is 1.99. The zero-order valence-electron chi connectivity index (χ0n) is 10.8. The molecule has 1 aromatic carbocycles. The summed E-state index contributed by atoms with van der Waals surface area (Å²) >= 11 is 0. The molecule has 1 aromatic heterocycles. The zero-order chi connectivity index (χ0) is 15.0. The molecule has 4 nitrogen and oxygen atoms in total. The first-order chi connectivity index (χ1) is 9.38. The molecule has 0 saturated carbocycles. The Morgan fingerprint density at radius 3 is 2.50 bits per heavy atom. The second-order valence-corrected chi connectivity index (χ2v) is 4.26. The number of nitrogens with zero attached hydrogens (tertiary/aromatic N) is 1. The lowest BCUT2D eigenvalue weighted by atomic mass is 10.1. The SMILES string of the molecule is CCN(C)C(=O)C(=O)c1c[nH]c2c(F)c(F)c(F)cc12. The minimum Gasteiger partial charge on any atom is -0.358 e. The third-order valence-corrected chi connectivity index (χ3v) is 3.07. The summed E-state index contributed by atoms with van der Waals surface area (Å²) in [4.78, 5) is 27.2. The molecule has 7 heteroatoms. The third kappa shape index (κ3) is 2.04. The number of aromatic amines is 1. The number of carbonyl (C=O) groups excluding carboxylic acids is 2. The van der Waals surface area contributed by atoms with Crippen LogP contribution in [-0.2, 0) is 4.79 Å². The molecule has 0 atom stereocenters. The maximum Gasteiger partial charge on any atom is 0.294 e. The van der Waals surface area contributed by atoms with Crippen LogP contribution in [0, 0.1) is 17.5 Å². The predicted octanol–water partition coefficient (Wildman–Crippen LogP) is 2.25. The summed E-state index contributed by atoms with van der Waals surface area (Å²) in [6.07, 6.45) is 1.07. The lowest BCUT2D eigenvalue weighted by Crippen LogP contribution is -2.32. The van der Waals surface area contributed by atoms with E-state index in [-0.39, 0.29) is 16.5 Å². The molecule has 0 radical (unpaired) electrons. The number of Topliss-reactive ketones (excluding diaryl/α,β-unsaturated/α-hetero) is 1. The number of aromatic nitrogens is 1. The Bertz CT molecular complexity index is 709. The molecule has 0 aliphatic heterocycles. The largest absolute Gasteiger partial charge is 0.358 e. The van der Waals surface area contributed by atoms with Gasteiger partial charge in [-0.25, -0.2) is 13.2 Å². The number of carbonyl (C=O) groups is 2. The highest BCUT2D eigenvalue weighted by molar-refractivity contribution is 6.44. The molecule has 0 aliphatic carbocycles. The van der Waals surface area contributed by atoms with Crippen molar-refractivity contribution in [1.82, 2.24) is 9.88 Å². The van der Waals surface area contributed by atoms with Gasteiger partial charge in [0, 0.05) is 25.2 Å². The summed E-state index contributed by atoms with van der Waals surface area (Å²) in [5, 5.41) is -0.163. The molecule has 2 aromatic rings. The van der Waals surface area contributed by atoms with Gasteiger partial charge < -0.3 is 9.88 Å². The van der Waals surface area contributed by atoms with Crippen molar-refractivity contribution in [3.05, 3.63) is 35.3 Å². The average Bonchev–Trinajstić information content (AvgIpc) is 2.86. The van der Waals surface area contributed by atoms with E-state index >= 15 is 0 Å². The van der Waals surface area contributed by atoms with Crippen LogP contribution < -0.4 is 0 Å². The van der Waals surface area contributed by atoms with Gasteiger partial charge in [-0.05, 0) is 13.0 Å². The molecule has 0 aliphatic rings. The first kappa shape index (κ1) is 14.1. The fraction of sp³-hybridized carbons (Fsp3) is 0.231. The first-order valence-corrected chi connectivity index (χ1v) is 5.82. The molecule has 0 saturated heterocycles. The van der Waals surface area contributed by atoms with Crippen molar-refractivity contribution >= 4 is 22.6 Å². The standard InChI is InChI=1S/C13H11F3N2O2/c1-3-18(2)13(20)12(19)7-5-17-11-6(7)4-8(14)9(15)10(11)16/h4-5,17H,3H2,1-2H3. The van der Waals surface area contributed by atoms with E-state index in [1.165, 1.54) is 7.05 Å². The van der Waals surface area contributed by atoms with Crippen molar-refractivity contribution in [3.63, 3.8) is 0 Å². The van der Waals surface area contributed by atoms with E-state index in [4.69, 9.17) is 0 Å². The van der Waals surface area contributed by atoms with Crippen LogP contribution in [-0.4, -0.2) is 35.2 Å². The van der Waals surface area contributed by atoms with Gasteiger partial charge in [-0.2, -0.15) is 0 Å². The molecule has 0 bridgehead atoms. The van der Waals surface area contributed by atoms with Gasteiger partial charge in [-0.3, -0.25) is 9.59 Å². The van der Waals surface area contributed by atoms with Crippen molar-refractivity contribution < 1.29 is 22.8 Å². The first-order valence-electron chi connectivity index (χ1n) is 5.82. The summed E-state index contributed by atoms with van der Waals surface area (Å²) in [5.74, 6) is -6.19. The monoisotopic (exact) mass is 284 g/mol. The van der Waals surface area contributed by atoms with Gasteiger partial charge in [0.05, 0.1) is 11.1 Å². The highest BCUT2D eigenvalue weighted by Crippen LogP contribution is 2.25. The normalized spacial score (nSPS) is 10.8. The van der Waals surface area contributed by atoms with Crippen LogP contribution in [0.1, 0.15) is 17.3 Å². The van der Waals surface area contributed by atoms with Crippen LogP contribution in [0.4, 0.5) is 13.2 Å². The van der Waals surface area contributed by atoms with Crippen LogP contribution in [0.25, 0.3) is 10.9 Å². The Balaban J connectivity index is 2.57. The number of hydrogen-bond acceptors (Lipinski definition) is 2. The number of amides is 1. The summed E-state index contributed by atoms with van der Waals surface area (Å²) < 4.78 is 39.8. The smallest absolute Gasteiger partial charge is 0.294 e. The Kier molecular flexibility index (Phi) is 3.52. The molecule has 0 fully saturated rings. The molecule has 20 heavy (non-hydrogen) atoms. The summed E-state index contributed by atoms with van der Waals surface area (Å²) in [6, 6.07) is 0.691. The molecule has 0 unspecified atom stereocenters. The van der Waals surface area contributed by atoms with Crippen LogP contribution in [0.2, 0.25) is 0 Å². The second-order valence-electron chi connectivity index (χ2n) is 4.26. The number of halogens is 3. The Hall–Kier alpha value is -2.31. The molecule has 0 spiro atoms. The van der Waals surface area contributed by atoms with E-state index in [0.29, 0.717) is 12.6 Å². The summed E-state index contributed by atoms with van der Waals surface area (Å²) in [5.41, 5.74) is -0.540. The second kappa shape index (κ2) is 4.99. The van der Waals surface area contributed by atoms with Gasteiger partial charge in [-0.1, -0.05) is 0 Å². The van der Waals surface area contributed by atoms with Crippen LogP contribution >= 0.6 is 0 Å². The van der Waals surface area contributed by atoms with E-state index in [1.807, 2.05) is 0 Å². The number of H-pyrrole nitrogens is 1. The van der Waals surface area contributed by atoms with E-state index < -0.39 is 29.1 Å². The highest BCUT2D eigenvalue weighted by Gasteiger charge is 2.25. The maximum atomic E-state index is 13.5. The number of rotatable bonds is 3. The Morgan fingerprint density at radius 2 is 1.90 bits per heavy atom. The zero-order valence-corrected chi connectivity index (χ0v) is 10.8. The number of fused-ring (bicyclic) bond motifs is 1. The third-order valence-electron chi connectivity index (χ3n) is 3.07. The lowest BCUT2D eigenvalue weighted by Gasteiger charge is -2.12. The number of hydrogen-bond donors (Lipinski definition) is 1. The molecule has 106 valence electrons. The molecule has 1 N–H and O–H groups in total. The van der Waals surface area contributed by atoms with E-state index in [9.17, 15) is 22.8 Å². The average molecular weight is 284 g/mol. The number of nitrogens with one attached hydrogen (secondary N) is 1. The van der Waals surface area contributed by atoms with Crippen molar-refractivity contribution in [2.45, 2.75) is 6.92 Å². The molecular weight excluding hydrogens is 273 g/mol. The van der Waals surface area contributed by atoms with Gasteiger partial charge in [0.2, 0.25) is 0 Å². The highest BCUT2D eigenvalue weighted by atomic mass is 19.2.